The smallest absolute Gasteiger partial charge is 0.310 e. The van der Waals surface area contributed by atoms with Crippen molar-refractivity contribution >= 4 is 28.7 Å². The maximum atomic E-state index is 14.2. The number of benzene rings is 3. The van der Waals surface area contributed by atoms with Gasteiger partial charge in [-0.15, -0.1) is 0 Å². The Balaban J connectivity index is 1.19. The molecule has 0 amide bonds. The maximum Gasteiger partial charge on any atom is 0.310 e. The van der Waals surface area contributed by atoms with Gasteiger partial charge in [0.1, 0.15) is 18.5 Å². The highest BCUT2D eigenvalue weighted by molar-refractivity contribution is 6.33. The summed E-state index contributed by atoms with van der Waals surface area (Å²) in [4.78, 5) is 26.7. The van der Waals surface area contributed by atoms with E-state index in [1.807, 2.05) is 28.8 Å². The van der Waals surface area contributed by atoms with Crippen LogP contribution in [0.5, 0.6) is 28.7 Å². The first kappa shape index (κ1) is 32.4. The van der Waals surface area contributed by atoms with E-state index in [9.17, 15) is 15.0 Å². The highest BCUT2D eigenvalue weighted by atomic mass is 35.5. The van der Waals surface area contributed by atoms with Crippen molar-refractivity contribution in [3.05, 3.63) is 94.2 Å². The van der Waals surface area contributed by atoms with E-state index in [-0.39, 0.29) is 18.6 Å². The fraction of sp³-hybridized carbons (Fsp3) is 0.314. The van der Waals surface area contributed by atoms with Crippen molar-refractivity contribution in [2.75, 3.05) is 34.7 Å². The number of carbonyl (C=O) groups excluding carboxylic acids is 1. The van der Waals surface area contributed by atoms with E-state index in [1.165, 1.54) is 27.7 Å². The Morgan fingerprint density at radius 1 is 0.939 bits per heavy atom. The van der Waals surface area contributed by atoms with Crippen molar-refractivity contribution in [1.82, 2.24) is 19.5 Å². The summed E-state index contributed by atoms with van der Waals surface area (Å²) in [5.41, 5.74) is 4.64. The average molecular weight is 689 g/mol. The minimum absolute atomic E-state index is 0.0263. The number of methoxy groups -OCH3 is 3. The maximum absolute atomic E-state index is 14.2. The van der Waals surface area contributed by atoms with Crippen LogP contribution in [0.15, 0.2) is 61.2 Å². The molecule has 2 aromatic heterocycles. The monoisotopic (exact) mass is 688 g/mol. The fourth-order valence-electron chi connectivity index (χ4n) is 6.71. The summed E-state index contributed by atoms with van der Waals surface area (Å²) in [6, 6.07) is 14.6. The molecule has 0 bridgehead atoms. The van der Waals surface area contributed by atoms with Gasteiger partial charge in [0.15, 0.2) is 33.8 Å². The molecule has 3 aromatic carbocycles. The molecule has 1 aliphatic heterocycles. The van der Waals surface area contributed by atoms with E-state index >= 15 is 0 Å². The Labute approximate surface area is 285 Å². The van der Waals surface area contributed by atoms with Crippen LogP contribution in [0.2, 0.25) is 5.15 Å². The van der Waals surface area contributed by atoms with Crippen molar-refractivity contribution in [2.45, 2.75) is 25.2 Å². The number of aliphatic hydroxyl groups is 2. The number of rotatable bonds is 10. The Morgan fingerprint density at radius 3 is 2.27 bits per heavy atom. The predicted octanol–water partition coefficient (Wildman–Crippen LogP) is 4.43. The van der Waals surface area contributed by atoms with Gasteiger partial charge in [-0.25, -0.2) is 15.0 Å². The van der Waals surface area contributed by atoms with Gasteiger partial charge in [-0.2, -0.15) is 0 Å². The third-order valence-electron chi connectivity index (χ3n) is 9.10. The van der Waals surface area contributed by atoms with Gasteiger partial charge in [0.05, 0.1) is 46.2 Å². The quantitative estimate of drug-likeness (QED) is 0.157. The lowest BCUT2D eigenvalue weighted by Gasteiger charge is -2.41. The third-order valence-corrected chi connectivity index (χ3v) is 9.38. The number of esters is 1. The van der Waals surface area contributed by atoms with Gasteiger partial charge in [0, 0.05) is 18.4 Å². The first-order valence-electron chi connectivity index (χ1n) is 15.4. The molecule has 2 aliphatic rings. The first-order valence-corrected chi connectivity index (χ1v) is 15.8. The van der Waals surface area contributed by atoms with Gasteiger partial charge in [-0.3, -0.25) is 4.79 Å². The molecule has 49 heavy (non-hydrogen) atoms. The van der Waals surface area contributed by atoms with Crippen LogP contribution in [0.4, 0.5) is 0 Å². The topological polar surface area (TPSA) is 157 Å². The molecule has 1 aliphatic carbocycles. The zero-order valence-corrected chi connectivity index (χ0v) is 27.6. The summed E-state index contributed by atoms with van der Waals surface area (Å²) in [7, 11) is 4.52. The largest absolute Gasteiger partial charge is 0.493 e. The summed E-state index contributed by atoms with van der Waals surface area (Å²) < 4.78 is 35.9. The normalized spacial score (nSPS) is 19.4. The first-order chi connectivity index (χ1) is 23.8. The molecule has 14 heteroatoms. The number of imidazole rings is 1. The minimum atomic E-state index is -1.19. The highest BCUT2D eigenvalue weighted by Gasteiger charge is 2.48. The van der Waals surface area contributed by atoms with Gasteiger partial charge in [0.25, 0.3) is 0 Å². The highest BCUT2D eigenvalue weighted by Crippen LogP contribution is 2.54. The zero-order chi connectivity index (χ0) is 34.2. The van der Waals surface area contributed by atoms with Crippen molar-refractivity contribution in [3.8, 4) is 28.7 Å². The van der Waals surface area contributed by atoms with E-state index in [1.54, 1.807) is 30.6 Å². The van der Waals surface area contributed by atoms with E-state index < -0.39 is 36.4 Å². The Hall–Kier alpha value is -5.11. The van der Waals surface area contributed by atoms with Gasteiger partial charge < -0.3 is 43.2 Å². The number of carbonyl (C=O) groups is 1. The third kappa shape index (κ3) is 5.83. The predicted molar refractivity (Wildman–Crippen MR) is 175 cm³/mol. The molecule has 13 nitrogen and oxygen atoms in total. The lowest BCUT2D eigenvalue weighted by molar-refractivity contribution is -0.156. The summed E-state index contributed by atoms with van der Waals surface area (Å²) in [5.74, 6) is -1.09. The molecule has 5 aromatic rings. The summed E-state index contributed by atoms with van der Waals surface area (Å²) in [6.45, 7) is 0.00897. The molecule has 4 atom stereocenters. The van der Waals surface area contributed by atoms with Crippen LogP contribution in [0.3, 0.4) is 0 Å². The Kier molecular flexibility index (Phi) is 8.88. The van der Waals surface area contributed by atoms with Crippen LogP contribution in [-0.2, 0) is 22.7 Å². The second kappa shape index (κ2) is 13.4. The average Bonchev–Trinajstić information content (AvgIpc) is 3.77. The van der Waals surface area contributed by atoms with Crippen molar-refractivity contribution in [2.24, 2.45) is 11.8 Å². The van der Waals surface area contributed by atoms with E-state index in [0.29, 0.717) is 63.1 Å². The molecular formula is C35H33ClN4O9. The lowest BCUT2D eigenvalue weighted by Crippen LogP contribution is -2.41. The SMILES string of the molecule is COc1cc([C@@H]2c3cc4c(cc3[C@H](O)[C@@H](CO)[C@H]2C(=O)OCc2ccc(Cn3cnc5c(Cl)ncnc53)cc2)OCO4)cc(OC)c1OC. The summed E-state index contributed by atoms with van der Waals surface area (Å²) in [5, 5.41) is 22.5. The number of fused-ring (bicyclic) bond motifs is 3. The molecule has 0 unspecified atom stereocenters. The molecule has 0 fully saturated rings. The van der Waals surface area contributed by atoms with Gasteiger partial charge >= 0.3 is 5.97 Å². The number of aromatic nitrogens is 4. The summed E-state index contributed by atoms with van der Waals surface area (Å²) in [6.07, 6.45) is 1.86. The molecule has 0 saturated heterocycles. The fourth-order valence-corrected chi connectivity index (χ4v) is 6.89. The van der Waals surface area contributed by atoms with Crippen LogP contribution in [-0.4, -0.2) is 70.4 Å². The molecule has 254 valence electrons. The number of halogens is 1. The number of aliphatic hydroxyl groups excluding tert-OH is 2. The zero-order valence-electron chi connectivity index (χ0n) is 26.8. The van der Waals surface area contributed by atoms with Crippen molar-refractivity contribution < 1.29 is 43.4 Å². The van der Waals surface area contributed by atoms with E-state index in [0.717, 1.165) is 11.1 Å². The lowest BCUT2D eigenvalue weighted by atomic mass is 9.65. The van der Waals surface area contributed by atoms with Crippen LogP contribution in [0.25, 0.3) is 11.2 Å². The Morgan fingerprint density at radius 2 is 1.61 bits per heavy atom. The molecule has 2 N–H and O–H groups in total. The van der Waals surface area contributed by atoms with Crippen LogP contribution < -0.4 is 23.7 Å². The Bertz CT molecular complexity index is 1990. The standard InChI is InChI=1S/C35H33ClN4O9/c1-44-26-8-20(9-27(45-2)32(26)46-3)28-21-10-24-25(49-17-48-24)11-22(21)31(42)23(13-41)29(28)35(43)47-14-19-6-4-18(5-7-19)12-40-16-39-30-33(36)37-15-38-34(30)40/h4-11,15-16,23,28-29,31,41-42H,12-14,17H2,1-3H3/t23-,28+,29+,31-/m0/s1. The molecule has 0 saturated carbocycles. The second-order valence-electron chi connectivity index (χ2n) is 11.7. The van der Waals surface area contributed by atoms with Crippen LogP contribution in [0.1, 0.15) is 39.8 Å². The number of nitrogens with zero attached hydrogens (tertiary/aromatic N) is 4. The van der Waals surface area contributed by atoms with E-state index in [2.05, 4.69) is 15.0 Å². The van der Waals surface area contributed by atoms with Gasteiger partial charge in [-0.1, -0.05) is 35.9 Å². The van der Waals surface area contributed by atoms with Crippen LogP contribution >= 0.6 is 11.6 Å². The van der Waals surface area contributed by atoms with Crippen LogP contribution in [0, 0.1) is 11.8 Å². The van der Waals surface area contributed by atoms with E-state index in [4.69, 9.17) is 40.0 Å². The molecular weight excluding hydrogens is 656 g/mol. The van der Waals surface area contributed by atoms with Gasteiger partial charge in [-0.05, 0) is 52.1 Å². The van der Waals surface area contributed by atoms with Gasteiger partial charge in [0.2, 0.25) is 12.5 Å². The molecule has 7 rings (SSSR count). The van der Waals surface area contributed by atoms with Crippen molar-refractivity contribution in [3.63, 3.8) is 0 Å². The number of hydrogen-bond donors (Lipinski definition) is 2. The number of hydrogen-bond acceptors (Lipinski definition) is 12. The molecule has 0 radical (unpaired) electrons. The minimum Gasteiger partial charge on any atom is -0.493 e. The second-order valence-corrected chi connectivity index (χ2v) is 12.1. The number of ether oxygens (including phenoxy) is 6. The molecule has 0 spiro atoms. The summed E-state index contributed by atoms with van der Waals surface area (Å²) >= 11 is 6.14. The molecule has 3 heterocycles. The van der Waals surface area contributed by atoms with Crippen molar-refractivity contribution in [1.29, 1.82) is 0 Å².